The van der Waals surface area contributed by atoms with Crippen LogP contribution >= 0.6 is 0 Å². The Bertz CT molecular complexity index is 1270. The number of aromatic nitrogens is 2. The molecule has 1 aromatic carbocycles. The number of para-hydroxylation sites is 1. The van der Waals surface area contributed by atoms with Gasteiger partial charge in [0, 0.05) is 26.0 Å². The lowest BCUT2D eigenvalue weighted by Crippen LogP contribution is -2.43. The molecule has 9 heteroatoms. The molecule has 2 amide bonds. The van der Waals surface area contributed by atoms with E-state index >= 15 is 0 Å². The highest BCUT2D eigenvalue weighted by Gasteiger charge is 2.35. The van der Waals surface area contributed by atoms with Gasteiger partial charge in [0.2, 0.25) is 5.95 Å². The third-order valence-corrected chi connectivity index (χ3v) is 6.43. The van der Waals surface area contributed by atoms with Crippen molar-refractivity contribution in [3.63, 3.8) is 0 Å². The van der Waals surface area contributed by atoms with Gasteiger partial charge in [-0.05, 0) is 49.7 Å². The fraction of sp³-hybridized carbons (Fsp3) is 0.321. The molecule has 2 unspecified atom stereocenters. The number of amides is 2. The number of anilines is 3. The number of fused-ring (bicyclic) bond motifs is 1. The largest absolute Gasteiger partial charge is 0.353 e. The third-order valence-electron chi connectivity index (χ3n) is 6.43. The van der Waals surface area contributed by atoms with E-state index in [9.17, 15) is 13.6 Å². The summed E-state index contributed by atoms with van der Waals surface area (Å²) in [5, 5.41) is 5.96. The summed E-state index contributed by atoms with van der Waals surface area (Å²) in [4.78, 5) is 25.4. The minimum Gasteiger partial charge on any atom is -0.353 e. The van der Waals surface area contributed by atoms with Gasteiger partial charge in [-0.2, -0.15) is 4.98 Å². The van der Waals surface area contributed by atoms with Crippen LogP contribution in [0.3, 0.4) is 0 Å². The summed E-state index contributed by atoms with van der Waals surface area (Å²) in [6.07, 6.45) is 8.68. The SMILES string of the molecule is C=CC(=C)C1=CC(c2nc(NCCN(C)C)nc3c2CNC(=O)N3c2c(F)cccc2F)CC(C)C=C1.[HH]. The lowest BCUT2D eigenvalue weighted by molar-refractivity contribution is 0.246. The van der Waals surface area contributed by atoms with Crippen molar-refractivity contribution >= 4 is 23.5 Å². The van der Waals surface area contributed by atoms with Crippen molar-refractivity contribution in [2.24, 2.45) is 5.92 Å². The molecule has 0 saturated carbocycles. The molecule has 0 fully saturated rings. The molecule has 1 aromatic heterocycles. The van der Waals surface area contributed by atoms with Crippen molar-refractivity contribution in [1.29, 1.82) is 0 Å². The first-order valence-corrected chi connectivity index (χ1v) is 12.2. The second-order valence-electron chi connectivity index (χ2n) is 9.56. The maximum atomic E-state index is 14.9. The molecule has 1 aliphatic heterocycles. The van der Waals surface area contributed by atoms with E-state index in [-0.39, 0.29) is 31.6 Å². The average molecular weight is 509 g/mol. The summed E-state index contributed by atoms with van der Waals surface area (Å²) in [6.45, 7) is 11.5. The zero-order valence-corrected chi connectivity index (χ0v) is 21.4. The molecule has 7 nitrogen and oxygen atoms in total. The maximum Gasteiger partial charge on any atom is 0.328 e. The van der Waals surface area contributed by atoms with E-state index in [1.807, 2.05) is 25.1 Å². The molecule has 37 heavy (non-hydrogen) atoms. The van der Waals surface area contributed by atoms with Gasteiger partial charge in [0.15, 0.2) is 5.82 Å². The summed E-state index contributed by atoms with van der Waals surface area (Å²) in [5.41, 5.74) is 2.53. The Morgan fingerprint density at radius 2 is 2.05 bits per heavy atom. The Labute approximate surface area is 217 Å². The Morgan fingerprint density at radius 1 is 1.32 bits per heavy atom. The van der Waals surface area contributed by atoms with Crippen LogP contribution in [0, 0.1) is 17.6 Å². The molecular weight excluding hydrogens is 474 g/mol. The minimum atomic E-state index is -0.859. The molecule has 2 aliphatic rings. The number of nitrogens with zero attached hydrogens (tertiary/aromatic N) is 4. The van der Waals surface area contributed by atoms with E-state index in [2.05, 4.69) is 47.9 Å². The first-order chi connectivity index (χ1) is 17.7. The van der Waals surface area contributed by atoms with Crippen molar-refractivity contribution in [3.05, 3.63) is 89.7 Å². The third kappa shape index (κ3) is 5.61. The van der Waals surface area contributed by atoms with Gasteiger partial charge in [-0.3, -0.25) is 0 Å². The van der Waals surface area contributed by atoms with Crippen molar-refractivity contribution < 1.29 is 15.0 Å². The Hall–Kier alpha value is -3.85. The molecular formula is C28H34F2N6O. The lowest BCUT2D eigenvalue weighted by Gasteiger charge is -2.32. The topological polar surface area (TPSA) is 73.4 Å². The summed E-state index contributed by atoms with van der Waals surface area (Å²) in [6, 6.07) is 2.84. The van der Waals surface area contributed by atoms with Gasteiger partial charge in [0.05, 0.1) is 12.2 Å². The molecule has 2 N–H and O–H groups in total. The van der Waals surface area contributed by atoms with Gasteiger partial charge in [-0.15, -0.1) is 0 Å². The van der Waals surface area contributed by atoms with E-state index in [0.717, 1.165) is 41.1 Å². The number of likely N-dealkylation sites (N-methyl/N-ethyl adjacent to an activating group) is 1. The van der Waals surface area contributed by atoms with Crippen molar-refractivity contribution in [2.75, 3.05) is 37.4 Å². The zero-order valence-electron chi connectivity index (χ0n) is 21.4. The first kappa shape index (κ1) is 26.2. The molecule has 196 valence electrons. The second-order valence-corrected chi connectivity index (χ2v) is 9.56. The first-order valence-electron chi connectivity index (χ1n) is 12.2. The van der Waals surface area contributed by atoms with E-state index in [1.54, 1.807) is 6.08 Å². The minimum absolute atomic E-state index is 0. The number of carbonyl (C=O) groups excluding carboxylic acids is 1. The van der Waals surface area contributed by atoms with Gasteiger partial charge in [-0.1, -0.05) is 50.5 Å². The Kier molecular flexibility index (Phi) is 7.83. The molecule has 2 heterocycles. The Morgan fingerprint density at radius 3 is 2.73 bits per heavy atom. The van der Waals surface area contributed by atoms with Crippen LogP contribution in [0.2, 0.25) is 0 Å². The van der Waals surface area contributed by atoms with Crippen LogP contribution in [0.25, 0.3) is 0 Å². The van der Waals surface area contributed by atoms with Crippen LogP contribution in [0.5, 0.6) is 0 Å². The van der Waals surface area contributed by atoms with Crippen molar-refractivity contribution in [2.45, 2.75) is 25.8 Å². The van der Waals surface area contributed by atoms with Gasteiger partial charge in [-0.25, -0.2) is 23.5 Å². The molecule has 0 spiro atoms. The van der Waals surface area contributed by atoms with Crippen molar-refractivity contribution in [3.8, 4) is 0 Å². The number of nitrogens with one attached hydrogen (secondary N) is 2. The van der Waals surface area contributed by atoms with Crippen molar-refractivity contribution in [1.82, 2.24) is 20.2 Å². The van der Waals surface area contributed by atoms with E-state index in [4.69, 9.17) is 4.98 Å². The quantitative estimate of drug-likeness (QED) is 0.449. The van der Waals surface area contributed by atoms with E-state index in [1.165, 1.54) is 6.07 Å². The molecule has 0 bridgehead atoms. The molecule has 1 aliphatic carbocycles. The number of rotatable bonds is 8. The highest BCUT2D eigenvalue weighted by atomic mass is 19.1. The molecule has 0 saturated heterocycles. The van der Waals surface area contributed by atoms with Crippen LogP contribution in [0.1, 0.15) is 31.9 Å². The fourth-order valence-corrected chi connectivity index (χ4v) is 4.48. The normalized spacial score (nSPS) is 19.1. The standard InChI is InChI=1S/C28H32F2N6O.H2/c1-6-18(3)19-11-10-17(2)14-20(15-19)24-21-16-32-28(37)36(25-22(29)8-7-9-23(25)30)26(21)34-27(33-24)31-12-13-35(4)5;/h6-11,15,17,20H,1,3,12-14,16H2,2,4-5H3,(H,32,37)(H,31,33,34);1H. The van der Waals surface area contributed by atoms with Crippen LogP contribution in [-0.2, 0) is 6.54 Å². The smallest absolute Gasteiger partial charge is 0.328 e. The van der Waals surface area contributed by atoms with E-state index in [0.29, 0.717) is 17.8 Å². The summed E-state index contributed by atoms with van der Waals surface area (Å²) < 4.78 is 29.7. The van der Waals surface area contributed by atoms with Gasteiger partial charge in [0.25, 0.3) is 0 Å². The number of carbonyl (C=O) groups is 1. The molecule has 2 aromatic rings. The van der Waals surface area contributed by atoms with Crippen LogP contribution in [0.15, 0.2) is 66.8 Å². The van der Waals surface area contributed by atoms with Crippen LogP contribution < -0.4 is 15.5 Å². The predicted molar refractivity (Wildman–Crippen MR) is 145 cm³/mol. The summed E-state index contributed by atoms with van der Waals surface area (Å²) >= 11 is 0. The summed E-state index contributed by atoms with van der Waals surface area (Å²) in [5.74, 6) is -1.21. The van der Waals surface area contributed by atoms with E-state index < -0.39 is 23.4 Å². The zero-order chi connectivity index (χ0) is 26.7. The van der Waals surface area contributed by atoms with Crippen LogP contribution in [0.4, 0.5) is 31.0 Å². The lowest BCUT2D eigenvalue weighted by atomic mass is 9.89. The Balaban J connectivity index is 0.00000400. The van der Waals surface area contributed by atoms with Gasteiger partial charge in [0.1, 0.15) is 17.3 Å². The number of urea groups is 1. The average Bonchev–Trinajstić information content (AvgIpc) is 3.05. The highest BCUT2D eigenvalue weighted by molar-refractivity contribution is 6.01. The number of hydrogen-bond donors (Lipinski definition) is 2. The molecule has 2 atom stereocenters. The monoisotopic (exact) mass is 508 g/mol. The molecule has 4 rings (SSSR count). The van der Waals surface area contributed by atoms with Crippen LogP contribution in [-0.4, -0.2) is 48.1 Å². The maximum absolute atomic E-state index is 14.9. The number of halogens is 2. The summed E-state index contributed by atoms with van der Waals surface area (Å²) in [7, 11) is 3.90. The number of hydrogen-bond acceptors (Lipinski definition) is 5. The predicted octanol–water partition coefficient (Wildman–Crippen LogP) is 5.68. The van der Waals surface area contributed by atoms with Gasteiger partial charge >= 0.3 is 6.03 Å². The molecule has 0 radical (unpaired) electrons. The number of allylic oxidation sites excluding steroid dienone is 6. The fourth-order valence-electron chi connectivity index (χ4n) is 4.48. The van der Waals surface area contributed by atoms with Gasteiger partial charge < -0.3 is 15.5 Å². The second kappa shape index (κ2) is 11.0. The number of benzene rings is 1. The highest BCUT2D eigenvalue weighted by Crippen LogP contribution is 2.40.